The lowest BCUT2D eigenvalue weighted by molar-refractivity contribution is -0.0629. The quantitative estimate of drug-likeness (QED) is 0.477. The van der Waals surface area contributed by atoms with Crippen molar-refractivity contribution in [3.05, 3.63) is 35.7 Å². The number of methoxy groups -OCH3 is 2. The second-order valence-electron chi connectivity index (χ2n) is 6.41. The molecule has 1 fully saturated rings. The minimum absolute atomic E-state index is 0.207. The van der Waals surface area contributed by atoms with Gasteiger partial charge >= 0.3 is 0 Å². The van der Waals surface area contributed by atoms with E-state index in [1.54, 1.807) is 10.6 Å². The van der Waals surface area contributed by atoms with Crippen molar-refractivity contribution < 1.29 is 23.6 Å². The van der Waals surface area contributed by atoms with Gasteiger partial charge in [-0.1, -0.05) is 6.08 Å². The smallest absolute Gasteiger partial charge is 0.281 e. The van der Waals surface area contributed by atoms with Gasteiger partial charge in [0, 0.05) is 27.4 Å². The standard InChI is InChI=1S/C16H23N4O6PS/c1-5-6-19-8-18-14-11(15(19)21)17-9-20(14)16-13(24-3)12(26-27(4,22)28)10(25-16)7-23-2/h5,8-10,12-13,16H,1,6-7H2,2-4H3,(H,22,28)/t10-,12+,13?,16-,27?/m1/s1. The van der Waals surface area contributed by atoms with Crippen LogP contribution in [0.15, 0.2) is 30.1 Å². The van der Waals surface area contributed by atoms with Gasteiger partial charge in [0.2, 0.25) is 0 Å². The number of rotatable bonds is 8. The first-order chi connectivity index (χ1) is 13.3. The van der Waals surface area contributed by atoms with Crippen LogP contribution in [-0.4, -0.2) is 69.8 Å². The highest BCUT2D eigenvalue weighted by atomic mass is 32.5. The highest BCUT2D eigenvalue weighted by Crippen LogP contribution is 2.45. The Morgan fingerprint density at radius 2 is 2.14 bits per heavy atom. The molecule has 1 saturated heterocycles. The molecule has 12 heteroatoms. The third-order valence-corrected chi connectivity index (χ3v) is 5.25. The molecule has 0 amide bonds. The Balaban J connectivity index is 2.02. The Hall–Kier alpha value is -1.46. The first-order valence-corrected chi connectivity index (χ1v) is 11.6. The van der Waals surface area contributed by atoms with E-state index in [1.165, 1.54) is 38.1 Å². The van der Waals surface area contributed by atoms with E-state index < -0.39 is 31.0 Å². The highest BCUT2D eigenvalue weighted by Gasteiger charge is 2.48. The summed E-state index contributed by atoms with van der Waals surface area (Å²) >= 11 is 5.04. The van der Waals surface area contributed by atoms with E-state index in [9.17, 15) is 9.69 Å². The molecule has 2 aromatic rings. The van der Waals surface area contributed by atoms with E-state index in [2.05, 4.69) is 16.5 Å². The minimum Gasteiger partial charge on any atom is -0.382 e. The van der Waals surface area contributed by atoms with Gasteiger partial charge in [0.05, 0.1) is 12.9 Å². The predicted molar refractivity (Wildman–Crippen MR) is 106 cm³/mol. The van der Waals surface area contributed by atoms with E-state index in [4.69, 9.17) is 30.5 Å². The van der Waals surface area contributed by atoms with Gasteiger partial charge in [0.25, 0.3) is 5.56 Å². The maximum atomic E-state index is 12.6. The largest absolute Gasteiger partial charge is 0.382 e. The Labute approximate surface area is 166 Å². The van der Waals surface area contributed by atoms with E-state index in [1.807, 2.05) is 0 Å². The molecule has 0 radical (unpaired) electrons. The van der Waals surface area contributed by atoms with Crippen molar-refractivity contribution in [3.63, 3.8) is 0 Å². The molecule has 2 aromatic heterocycles. The normalized spacial score (nSPS) is 27.1. The number of hydrogen-bond donors (Lipinski definition) is 1. The molecule has 0 spiro atoms. The summed E-state index contributed by atoms with van der Waals surface area (Å²) in [5, 5.41) is 0. The SMILES string of the molecule is C=CCn1cnc2c(ncn2[C@@H]2O[C@H](COC)[C@H](OP(C)(O)=S)C2OC)c1=O. The predicted octanol–water partition coefficient (Wildman–Crippen LogP) is 0.655. The zero-order valence-corrected chi connectivity index (χ0v) is 17.5. The fraction of sp³-hybridized carbons (Fsp3) is 0.562. The average molecular weight is 430 g/mol. The van der Waals surface area contributed by atoms with Gasteiger partial charge in [-0.15, -0.1) is 6.58 Å². The molecular formula is C16H23N4O6PS. The summed E-state index contributed by atoms with van der Waals surface area (Å²) in [7, 11) is 3.04. The number of imidazole rings is 1. The lowest BCUT2D eigenvalue weighted by Crippen LogP contribution is -2.37. The summed E-state index contributed by atoms with van der Waals surface area (Å²) in [6, 6.07) is 0. The minimum atomic E-state index is -2.99. The molecule has 3 heterocycles. The molecule has 2 unspecified atom stereocenters. The van der Waals surface area contributed by atoms with Crippen molar-refractivity contribution in [1.29, 1.82) is 0 Å². The van der Waals surface area contributed by atoms with E-state index in [0.29, 0.717) is 12.2 Å². The number of fused-ring (bicyclic) bond motifs is 1. The number of nitrogens with zero attached hydrogens (tertiary/aromatic N) is 4. The molecule has 1 aliphatic heterocycles. The Kier molecular flexibility index (Phi) is 6.45. The molecule has 28 heavy (non-hydrogen) atoms. The van der Waals surface area contributed by atoms with Crippen LogP contribution in [0.3, 0.4) is 0 Å². The van der Waals surface area contributed by atoms with Gasteiger partial charge in [0.1, 0.15) is 24.6 Å². The van der Waals surface area contributed by atoms with Gasteiger partial charge in [0.15, 0.2) is 23.9 Å². The van der Waals surface area contributed by atoms with E-state index in [-0.39, 0.29) is 17.7 Å². The third-order valence-electron chi connectivity index (χ3n) is 4.36. The van der Waals surface area contributed by atoms with Crippen LogP contribution in [0.25, 0.3) is 11.2 Å². The zero-order valence-electron chi connectivity index (χ0n) is 15.8. The van der Waals surface area contributed by atoms with Crippen LogP contribution in [0.2, 0.25) is 0 Å². The van der Waals surface area contributed by atoms with Gasteiger partial charge in [-0.05, 0) is 11.8 Å². The molecule has 10 nitrogen and oxygen atoms in total. The first-order valence-electron chi connectivity index (χ1n) is 8.49. The van der Waals surface area contributed by atoms with Crippen LogP contribution in [-0.2, 0) is 37.1 Å². The van der Waals surface area contributed by atoms with E-state index in [0.717, 1.165) is 0 Å². The number of hydrogen-bond acceptors (Lipinski definition) is 8. The van der Waals surface area contributed by atoms with Crippen molar-refractivity contribution >= 4 is 29.5 Å². The van der Waals surface area contributed by atoms with E-state index >= 15 is 0 Å². The van der Waals surface area contributed by atoms with Crippen LogP contribution in [0.5, 0.6) is 0 Å². The lowest BCUT2D eigenvalue weighted by Gasteiger charge is -2.25. The number of aromatic nitrogens is 4. The first kappa shape index (κ1) is 21.3. The van der Waals surface area contributed by atoms with Crippen LogP contribution >= 0.6 is 6.49 Å². The summed E-state index contributed by atoms with van der Waals surface area (Å²) in [6.07, 6.45) is 2.01. The Bertz CT molecular complexity index is 956. The molecule has 0 bridgehead atoms. The second kappa shape index (κ2) is 8.50. The summed E-state index contributed by atoms with van der Waals surface area (Å²) in [5.41, 5.74) is 0.281. The van der Waals surface area contributed by atoms with Crippen molar-refractivity contribution in [2.45, 2.75) is 31.1 Å². The highest BCUT2D eigenvalue weighted by molar-refractivity contribution is 8.09. The zero-order chi connectivity index (χ0) is 20.5. The number of ether oxygens (including phenoxy) is 3. The molecule has 154 valence electrons. The van der Waals surface area contributed by atoms with Gasteiger partial charge in [-0.3, -0.25) is 13.9 Å². The number of allylic oxidation sites excluding steroid dienone is 1. The second-order valence-corrected chi connectivity index (χ2v) is 10.3. The molecule has 5 atom stereocenters. The molecule has 0 saturated carbocycles. The summed E-state index contributed by atoms with van der Waals surface area (Å²) < 4.78 is 25.6. The van der Waals surface area contributed by atoms with Crippen molar-refractivity contribution in [1.82, 2.24) is 19.1 Å². The molecule has 0 aliphatic carbocycles. The fourth-order valence-corrected chi connectivity index (χ4v) is 4.24. The molecular weight excluding hydrogens is 407 g/mol. The monoisotopic (exact) mass is 430 g/mol. The summed E-state index contributed by atoms with van der Waals surface area (Å²) in [6.45, 7) is 2.65. The maximum absolute atomic E-state index is 12.6. The summed E-state index contributed by atoms with van der Waals surface area (Å²) in [4.78, 5) is 31.2. The van der Waals surface area contributed by atoms with Gasteiger partial charge in [-0.2, -0.15) is 0 Å². The molecule has 0 aromatic carbocycles. The van der Waals surface area contributed by atoms with Crippen LogP contribution in [0.1, 0.15) is 6.23 Å². The van der Waals surface area contributed by atoms with Crippen molar-refractivity contribution in [2.24, 2.45) is 0 Å². The van der Waals surface area contributed by atoms with Crippen LogP contribution < -0.4 is 5.56 Å². The molecule has 3 rings (SSSR count). The lowest BCUT2D eigenvalue weighted by atomic mass is 10.1. The Morgan fingerprint density at radius 1 is 1.39 bits per heavy atom. The van der Waals surface area contributed by atoms with Crippen LogP contribution in [0, 0.1) is 0 Å². The topological polar surface area (TPSA) is 110 Å². The van der Waals surface area contributed by atoms with Gasteiger partial charge in [-0.25, -0.2) is 9.97 Å². The average Bonchev–Trinajstić information content (AvgIpc) is 3.18. The third kappa shape index (κ3) is 4.11. The fourth-order valence-electron chi connectivity index (χ4n) is 3.24. The Morgan fingerprint density at radius 3 is 2.75 bits per heavy atom. The van der Waals surface area contributed by atoms with Crippen molar-refractivity contribution in [2.75, 3.05) is 27.5 Å². The summed E-state index contributed by atoms with van der Waals surface area (Å²) in [5.74, 6) is 0. The van der Waals surface area contributed by atoms with Crippen LogP contribution in [0.4, 0.5) is 0 Å². The van der Waals surface area contributed by atoms with Crippen molar-refractivity contribution in [3.8, 4) is 0 Å². The maximum Gasteiger partial charge on any atom is 0.281 e. The molecule has 1 aliphatic rings. The molecule has 1 N–H and O–H groups in total. The van der Waals surface area contributed by atoms with Gasteiger partial charge < -0.3 is 23.6 Å².